The first-order valence-corrected chi connectivity index (χ1v) is 5.92. The van der Waals surface area contributed by atoms with E-state index in [1.807, 2.05) is 18.3 Å². The SMILES string of the molecule is CCC1CCN(c2ccc(C(C)=O)nc2)C1. The van der Waals surface area contributed by atoms with Crippen molar-refractivity contribution in [3.63, 3.8) is 0 Å². The topological polar surface area (TPSA) is 33.2 Å². The second-order valence-electron chi connectivity index (χ2n) is 4.47. The van der Waals surface area contributed by atoms with Crippen LogP contribution in [0, 0.1) is 5.92 Å². The second-order valence-corrected chi connectivity index (χ2v) is 4.47. The van der Waals surface area contributed by atoms with Crippen molar-refractivity contribution >= 4 is 11.5 Å². The summed E-state index contributed by atoms with van der Waals surface area (Å²) in [5.74, 6) is 0.840. The Labute approximate surface area is 96.5 Å². The third kappa shape index (κ3) is 2.23. The maximum absolute atomic E-state index is 11.1. The quantitative estimate of drug-likeness (QED) is 0.731. The van der Waals surface area contributed by atoms with Crippen LogP contribution in [0.25, 0.3) is 0 Å². The van der Waals surface area contributed by atoms with Crippen LogP contribution in [0.1, 0.15) is 37.2 Å². The van der Waals surface area contributed by atoms with E-state index >= 15 is 0 Å². The smallest absolute Gasteiger partial charge is 0.178 e. The van der Waals surface area contributed by atoms with Gasteiger partial charge in [0.2, 0.25) is 0 Å². The minimum atomic E-state index is 0.0272. The zero-order chi connectivity index (χ0) is 11.5. The molecule has 2 heterocycles. The third-order valence-electron chi connectivity index (χ3n) is 3.34. The van der Waals surface area contributed by atoms with Crippen LogP contribution >= 0.6 is 0 Å². The third-order valence-corrected chi connectivity index (χ3v) is 3.34. The molecular weight excluding hydrogens is 200 g/mol. The molecule has 0 aromatic carbocycles. The average Bonchev–Trinajstić information content (AvgIpc) is 2.77. The van der Waals surface area contributed by atoms with Crippen LogP contribution in [0.5, 0.6) is 0 Å². The molecule has 0 saturated carbocycles. The van der Waals surface area contributed by atoms with E-state index in [-0.39, 0.29) is 5.78 Å². The molecule has 1 aromatic rings. The van der Waals surface area contributed by atoms with Gasteiger partial charge in [0.05, 0.1) is 11.9 Å². The highest BCUT2D eigenvalue weighted by Crippen LogP contribution is 2.24. The maximum Gasteiger partial charge on any atom is 0.178 e. The summed E-state index contributed by atoms with van der Waals surface area (Å²) < 4.78 is 0. The Morgan fingerprint density at radius 2 is 2.38 bits per heavy atom. The van der Waals surface area contributed by atoms with Crippen molar-refractivity contribution in [2.24, 2.45) is 5.92 Å². The van der Waals surface area contributed by atoms with Crippen molar-refractivity contribution in [1.82, 2.24) is 4.98 Å². The first-order valence-electron chi connectivity index (χ1n) is 5.92. The number of aromatic nitrogens is 1. The van der Waals surface area contributed by atoms with Crippen LogP contribution < -0.4 is 4.90 Å². The summed E-state index contributed by atoms with van der Waals surface area (Å²) in [5, 5.41) is 0. The number of nitrogens with zero attached hydrogens (tertiary/aromatic N) is 2. The Hall–Kier alpha value is -1.38. The first-order chi connectivity index (χ1) is 7.70. The van der Waals surface area contributed by atoms with Crippen molar-refractivity contribution in [3.8, 4) is 0 Å². The van der Waals surface area contributed by atoms with Crippen molar-refractivity contribution in [2.45, 2.75) is 26.7 Å². The zero-order valence-electron chi connectivity index (χ0n) is 9.94. The molecule has 1 fully saturated rings. The Kier molecular flexibility index (Phi) is 3.22. The molecule has 2 rings (SSSR count). The van der Waals surface area contributed by atoms with Gasteiger partial charge in [-0.05, 0) is 24.5 Å². The van der Waals surface area contributed by atoms with E-state index in [1.54, 1.807) is 6.92 Å². The largest absolute Gasteiger partial charge is 0.370 e. The summed E-state index contributed by atoms with van der Waals surface area (Å²) in [6.07, 6.45) is 4.33. The average molecular weight is 218 g/mol. The molecule has 0 N–H and O–H groups in total. The summed E-state index contributed by atoms with van der Waals surface area (Å²) in [7, 11) is 0. The number of pyridine rings is 1. The van der Waals surface area contributed by atoms with E-state index in [1.165, 1.54) is 12.8 Å². The predicted molar refractivity (Wildman–Crippen MR) is 64.9 cm³/mol. The summed E-state index contributed by atoms with van der Waals surface area (Å²) >= 11 is 0. The number of Topliss-reactive ketones (excluding diaryl/α,β-unsaturated/α-hetero) is 1. The highest BCUT2D eigenvalue weighted by Gasteiger charge is 2.21. The van der Waals surface area contributed by atoms with Gasteiger partial charge in [0.15, 0.2) is 5.78 Å². The van der Waals surface area contributed by atoms with E-state index < -0.39 is 0 Å². The van der Waals surface area contributed by atoms with Crippen LogP contribution in [0.3, 0.4) is 0 Å². The fourth-order valence-corrected chi connectivity index (χ4v) is 2.18. The first kappa shape index (κ1) is 11.1. The van der Waals surface area contributed by atoms with E-state index in [0.717, 1.165) is 24.7 Å². The number of carbonyl (C=O) groups is 1. The molecule has 0 amide bonds. The van der Waals surface area contributed by atoms with Crippen LogP contribution in [-0.2, 0) is 0 Å². The predicted octanol–water partition coefficient (Wildman–Crippen LogP) is 2.52. The van der Waals surface area contributed by atoms with Gasteiger partial charge in [-0.15, -0.1) is 0 Å². The number of carbonyl (C=O) groups excluding carboxylic acids is 1. The summed E-state index contributed by atoms with van der Waals surface area (Å²) in [6.45, 7) is 6.02. The van der Waals surface area contributed by atoms with Gasteiger partial charge < -0.3 is 4.90 Å². The fourth-order valence-electron chi connectivity index (χ4n) is 2.18. The molecule has 1 unspecified atom stereocenters. The lowest BCUT2D eigenvalue weighted by Crippen LogP contribution is -2.19. The fraction of sp³-hybridized carbons (Fsp3) is 0.538. The van der Waals surface area contributed by atoms with Crippen LogP contribution in [0.2, 0.25) is 0 Å². The highest BCUT2D eigenvalue weighted by atomic mass is 16.1. The molecule has 1 aromatic heterocycles. The second kappa shape index (κ2) is 4.64. The standard InChI is InChI=1S/C13H18N2O/c1-3-11-6-7-15(9-11)12-4-5-13(10(2)16)14-8-12/h4-5,8,11H,3,6-7,9H2,1-2H3. The van der Waals surface area contributed by atoms with E-state index in [9.17, 15) is 4.79 Å². The zero-order valence-corrected chi connectivity index (χ0v) is 9.94. The molecule has 0 bridgehead atoms. The minimum absolute atomic E-state index is 0.0272. The lowest BCUT2D eigenvalue weighted by molar-refractivity contribution is 0.101. The van der Waals surface area contributed by atoms with Crippen molar-refractivity contribution in [2.75, 3.05) is 18.0 Å². The number of ketones is 1. The molecule has 0 radical (unpaired) electrons. The number of rotatable bonds is 3. The molecule has 1 aliphatic rings. The molecular formula is C13H18N2O. The van der Waals surface area contributed by atoms with Gasteiger partial charge in [-0.1, -0.05) is 13.3 Å². The molecule has 16 heavy (non-hydrogen) atoms. The summed E-state index contributed by atoms with van der Waals surface area (Å²) in [6, 6.07) is 3.82. The summed E-state index contributed by atoms with van der Waals surface area (Å²) in [5.41, 5.74) is 1.69. The van der Waals surface area contributed by atoms with Crippen molar-refractivity contribution in [1.29, 1.82) is 0 Å². The summed E-state index contributed by atoms with van der Waals surface area (Å²) in [4.78, 5) is 17.6. The van der Waals surface area contributed by atoms with E-state index in [4.69, 9.17) is 0 Å². The Morgan fingerprint density at radius 3 is 2.88 bits per heavy atom. The lowest BCUT2D eigenvalue weighted by Gasteiger charge is -2.18. The van der Waals surface area contributed by atoms with Gasteiger partial charge in [-0.25, -0.2) is 0 Å². The molecule has 3 nitrogen and oxygen atoms in total. The normalized spacial score (nSPS) is 20.1. The molecule has 1 aliphatic heterocycles. The highest BCUT2D eigenvalue weighted by molar-refractivity contribution is 5.92. The van der Waals surface area contributed by atoms with Crippen LogP contribution in [0.15, 0.2) is 18.3 Å². The minimum Gasteiger partial charge on any atom is -0.370 e. The molecule has 1 saturated heterocycles. The van der Waals surface area contributed by atoms with E-state index in [2.05, 4.69) is 16.8 Å². The monoisotopic (exact) mass is 218 g/mol. The van der Waals surface area contributed by atoms with Crippen molar-refractivity contribution < 1.29 is 4.79 Å². The van der Waals surface area contributed by atoms with Gasteiger partial charge in [0.1, 0.15) is 5.69 Å². The Bertz CT molecular complexity index is 372. The molecule has 1 atom stereocenters. The van der Waals surface area contributed by atoms with Crippen LogP contribution in [-0.4, -0.2) is 23.9 Å². The Morgan fingerprint density at radius 1 is 1.56 bits per heavy atom. The lowest BCUT2D eigenvalue weighted by atomic mass is 10.1. The van der Waals surface area contributed by atoms with Gasteiger partial charge in [-0.3, -0.25) is 9.78 Å². The van der Waals surface area contributed by atoms with Gasteiger partial charge in [-0.2, -0.15) is 0 Å². The van der Waals surface area contributed by atoms with Gasteiger partial charge >= 0.3 is 0 Å². The molecule has 86 valence electrons. The number of hydrogen-bond acceptors (Lipinski definition) is 3. The number of hydrogen-bond donors (Lipinski definition) is 0. The van der Waals surface area contributed by atoms with Gasteiger partial charge in [0, 0.05) is 20.0 Å². The molecule has 3 heteroatoms. The number of anilines is 1. The van der Waals surface area contributed by atoms with Crippen molar-refractivity contribution in [3.05, 3.63) is 24.0 Å². The van der Waals surface area contributed by atoms with Gasteiger partial charge in [0.25, 0.3) is 0 Å². The molecule has 0 aliphatic carbocycles. The maximum atomic E-state index is 11.1. The molecule has 0 spiro atoms. The van der Waals surface area contributed by atoms with Crippen LogP contribution in [0.4, 0.5) is 5.69 Å². The van der Waals surface area contributed by atoms with E-state index in [0.29, 0.717) is 5.69 Å². The Balaban J connectivity index is 2.08.